The lowest BCUT2D eigenvalue weighted by atomic mass is 10.0. The normalized spacial score (nSPS) is 14.4. The van der Waals surface area contributed by atoms with Crippen LogP contribution >= 0.6 is 15.9 Å². The summed E-state index contributed by atoms with van der Waals surface area (Å²) in [6, 6.07) is 25.1. The van der Waals surface area contributed by atoms with Crippen molar-refractivity contribution >= 4 is 60.5 Å². The van der Waals surface area contributed by atoms with E-state index in [4.69, 9.17) is 5.73 Å². The Morgan fingerprint density at radius 1 is 0.875 bits per heavy atom. The van der Waals surface area contributed by atoms with Gasteiger partial charge in [-0.2, -0.15) is 4.72 Å². The third-order valence-corrected chi connectivity index (χ3v) is 9.80. The monoisotopic (exact) mass is 734 g/mol. The summed E-state index contributed by atoms with van der Waals surface area (Å²) < 4.78 is 31.0. The molecule has 5 rings (SSSR count). The van der Waals surface area contributed by atoms with E-state index in [-0.39, 0.29) is 49.4 Å². The SMILES string of the molecule is CC(=O)ON=C(N)c1cccc(CC(NS(=O)(=O)c2ccc3ccccc3c2)C(=O)N2CCN(C(=O)NCc3ccc(Br)cc3)CC2)c1. The molecule has 4 N–H and O–H groups in total. The Bertz CT molecular complexity index is 1950. The van der Waals surface area contributed by atoms with E-state index in [1.165, 1.54) is 13.0 Å². The maximum absolute atomic E-state index is 14.0. The largest absolute Gasteiger partial charge is 0.380 e. The first kappa shape index (κ1) is 34.5. The molecule has 1 aliphatic rings. The van der Waals surface area contributed by atoms with E-state index in [1.54, 1.807) is 46.2 Å². The van der Waals surface area contributed by atoms with Crippen molar-refractivity contribution in [3.8, 4) is 0 Å². The Hall–Kier alpha value is -4.79. The molecule has 0 saturated carbocycles. The van der Waals surface area contributed by atoms with E-state index in [1.807, 2.05) is 48.5 Å². The smallest absolute Gasteiger partial charge is 0.332 e. The van der Waals surface area contributed by atoms with Crippen molar-refractivity contribution < 1.29 is 27.6 Å². The third-order valence-electron chi connectivity index (χ3n) is 7.80. The fourth-order valence-electron chi connectivity index (χ4n) is 5.27. The molecule has 0 aromatic heterocycles. The molecule has 0 bridgehead atoms. The fourth-order valence-corrected chi connectivity index (χ4v) is 6.76. The first-order valence-corrected chi connectivity index (χ1v) is 17.4. The highest BCUT2D eigenvalue weighted by Crippen LogP contribution is 2.21. The number of nitrogens with zero attached hydrogens (tertiary/aromatic N) is 3. The van der Waals surface area contributed by atoms with E-state index >= 15 is 0 Å². The number of carbonyl (C=O) groups excluding carboxylic acids is 3. The second-order valence-corrected chi connectivity index (χ2v) is 13.9. The second kappa shape index (κ2) is 15.4. The molecule has 3 amide bonds. The molecule has 250 valence electrons. The molecule has 1 saturated heterocycles. The number of hydrogen-bond donors (Lipinski definition) is 3. The summed E-state index contributed by atoms with van der Waals surface area (Å²) in [6.45, 7) is 2.56. The number of benzene rings is 4. The fraction of sp³-hybridized carbons (Fsp3) is 0.235. The average Bonchev–Trinajstić information content (AvgIpc) is 3.09. The average molecular weight is 736 g/mol. The summed E-state index contributed by atoms with van der Waals surface area (Å²) in [6.07, 6.45) is -0.00573. The van der Waals surface area contributed by atoms with Gasteiger partial charge in [0.15, 0.2) is 5.84 Å². The van der Waals surface area contributed by atoms with E-state index in [0.29, 0.717) is 17.7 Å². The minimum Gasteiger partial charge on any atom is -0.380 e. The number of oxime groups is 1. The zero-order valence-electron chi connectivity index (χ0n) is 26.1. The first-order valence-electron chi connectivity index (χ1n) is 15.2. The Balaban J connectivity index is 1.32. The van der Waals surface area contributed by atoms with E-state index in [9.17, 15) is 22.8 Å². The lowest BCUT2D eigenvalue weighted by Crippen LogP contribution is -2.57. The van der Waals surface area contributed by atoms with Crippen LogP contribution in [0.25, 0.3) is 10.8 Å². The molecule has 0 spiro atoms. The first-order chi connectivity index (χ1) is 23.0. The number of halogens is 1. The summed E-state index contributed by atoms with van der Waals surface area (Å²) in [4.78, 5) is 45.9. The number of sulfonamides is 1. The zero-order valence-corrected chi connectivity index (χ0v) is 28.5. The molecule has 4 aromatic rings. The van der Waals surface area contributed by atoms with Gasteiger partial charge < -0.3 is 25.7 Å². The van der Waals surface area contributed by atoms with Crippen LogP contribution in [0.3, 0.4) is 0 Å². The Morgan fingerprint density at radius 2 is 1.56 bits per heavy atom. The van der Waals surface area contributed by atoms with Crippen LogP contribution in [0.15, 0.2) is 106 Å². The van der Waals surface area contributed by atoms with Crippen molar-refractivity contribution in [2.75, 3.05) is 26.2 Å². The zero-order chi connectivity index (χ0) is 34.3. The van der Waals surface area contributed by atoms with Crippen molar-refractivity contribution in [1.29, 1.82) is 0 Å². The number of nitrogens with one attached hydrogen (secondary N) is 2. The molecular weight excluding hydrogens is 700 g/mol. The third kappa shape index (κ3) is 8.97. The number of rotatable bonds is 10. The maximum Gasteiger partial charge on any atom is 0.332 e. The van der Waals surface area contributed by atoms with Gasteiger partial charge >= 0.3 is 12.0 Å². The van der Waals surface area contributed by atoms with Crippen molar-refractivity contribution in [2.45, 2.75) is 30.8 Å². The lowest BCUT2D eigenvalue weighted by molar-refractivity contribution is -0.141. The number of hydrogen-bond acceptors (Lipinski definition) is 7. The molecule has 12 nitrogen and oxygen atoms in total. The van der Waals surface area contributed by atoms with Gasteiger partial charge in [0.25, 0.3) is 0 Å². The number of amides is 3. The Labute approximate surface area is 287 Å². The van der Waals surface area contributed by atoms with Crippen LogP contribution in [0, 0.1) is 0 Å². The van der Waals surface area contributed by atoms with Gasteiger partial charge in [-0.1, -0.05) is 81.7 Å². The van der Waals surface area contributed by atoms with E-state index < -0.39 is 27.9 Å². The van der Waals surface area contributed by atoms with Gasteiger partial charge in [0.2, 0.25) is 15.9 Å². The summed E-state index contributed by atoms with van der Waals surface area (Å²) in [5.74, 6) is -1.12. The minimum atomic E-state index is -4.14. The molecule has 1 unspecified atom stereocenters. The van der Waals surface area contributed by atoms with Crippen molar-refractivity contribution in [3.05, 3.63) is 112 Å². The van der Waals surface area contributed by atoms with Gasteiger partial charge in [0.05, 0.1) is 4.90 Å². The lowest BCUT2D eigenvalue weighted by Gasteiger charge is -2.36. The molecule has 48 heavy (non-hydrogen) atoms. The molecule has 4 aromatic carbocycles. The summed E-state index contributed by atoms with van der Waals surface area (Å²) >= 11 is 3.40. The number of piperazine rings is 1. The molecule has 1 fully saturated rings. The van der Waals surface area contributed by atoms with Gasteiger partial charge in [-0.3, -0.25) is 4.79 Å². The van der Waals surface area contributed by atoms with Crippen molar-refractivity contribution in [3.63, 3.8) is 0 Å². The number of amidine groups is 1. The van der Waals surface area contributed by atoms with Crippen molar-refractivity contribution in [2.24, 2.45) is 10.9 Å². The highest BCUT2D eigenvalue weighted by molar-refractivity contribution is 9.10. The molecule has 0 radical (unpaired) electrons. The van der Waals surface area contributed by atoms with Gasteiger partial charge in [-0.25, -0.2) is 18.0 Å². The molecular formula is C34H35BrN6O6S. The molecule has 14 heteroatoms. The molecule has 1 heterocycles. The predicted molar refractivity (Wildman–Crippen MR) is 185 cm³/mol. The van der Waals surface area contributed by atoms with Gasteiger partial charge in [0, 0.05) is 49.7 Å². The number of fused-ring (bicyclic) bond motifs is 1. The second-order valence-electron chi connectivity index (χ2n) is 11.2. The van der Waals surface area contributed by atoms with Crippen LogP contribution in [-0.4, -0.2) is 74.2 Å². The Morgan fingerprint density at radius 3 is 2.27 bits per heavy atom. The highest BCUT2D eigenvalue weighted by Gasteiger charge is 2.32. The maximum atomic E-state index is 14.0. The highest BCUT2D eigenvalue weighted by atomic mass is 79.9. The predicted octanol–water partition coefficient (Wildman–Crippen LogP) is 3.73. The quantitative estimate of drug-likeness (QED) is 0.0968. The number of urea groups is 1. The van der Waals surface area contributed by atoms with Crippen LogP contribution in [0.4, 0.5) is 4.79 Å². The number of nitrogens with two attached hydrogens (primary N) is 1. The van der Waals surface area contributed by atoms with Crippen LogP contribution in [0.5, 0.6) is 0 Å². The van der Waals surface area contributed by atoms with E-state index in [2.05, 4.69) is 36.0 Å². The molecule has 1 aliphatic heterocycles. The van der Waals surface area contributed by atoms with Gasteiger partial charge in [0.1, 0.15) is 6.04 Å². The summed E-state index contributed by atoms with van der Waals surface area (Å²) in [5, 5.41) is 8.15. The Kier molecular flexibility index (Phi) is 11.1. The van der Waals surface area contributed by atoms with E-state index in [0.717, 1.165) is 20.8 Å². The van der Waals surface area contributed by atoms with Crippen LogP contribution < -0.4 is 15.8 Å². The minimum absolute atomic E-state index is 0.00573. The molecule has 1 atom stereocenters. The standard InChI is InChI=1S/C34H35BrN6O6S/c1-23(42)47-38-32(36)28-8-4-5-25(19-28)20-31(39-48(45,46)30-14-11-26-6-2-3-7-27(26)21-30)33(43)40-15-17-41(18-16-40)34(44)37-22-24-9-12-29(35)13-10-24/h2-14,19,21,31,39H,15-18,20,22H2,1H3,(H2,36,38)(H,37,44). The van der Waals surface area contributed by atoms with Gasteiger partial charge in [-0.15, -0.1) is 0 Å². The topological polar surface area (TPSA) is 164 Å². The number of carbonyl (C=O) groups is 3. The summed E-state index contributed by atoms with van der Waals surface area (Å²) in [7, 11) is -4.14. The van der Waals surface area contributed by atoms with Crippen LogP contribution in [0.2, 0.25) is 0 Å². The van der Waals surface area contributed by atoms with Crippen molar-refractivity contribution in [1.82, 2.24) is 19.8 Å². The summed E-state index contributed by atoms with van der Waals surface area (Å²) in [5.41, 5.74) is 7.96. The van der Waals surface area contributed by atoms with Crippen LogP contribution in [-0.2, 0) is 37.4 Å². The van der Waals surface area contributed by atoms with Crippen LogP contribution in [0.1, 0.15) is 23.6 Å². The molecule has 0 aliphatic carbocycles. The van der Waals surface area contributed by atoms with Gasteiger partial charge in [-0.05, 0) is 58.7 Å².